The highest BCUT2D eigenvalue weighted by Gasteiger charge is 2.34. The lowest BCUT2D eigenvalue weighted by molar-refractivity contribution is -0.121. The number of rotatable bonds is 5. The van der Waals surface area contributed by atoms with Crippen LogP contribution in [0, 0.1) is 0 Å². The predicted molar refractivity (Wildman–Crippen MR) is 81.1 cm³/mol. The molecule has 3 nitrogen and oxygen atoms in total. The maximum absolute atomic E-state index is 11.8. The van der Waals surface area contributed by atoms with Crippen molar-refractivity contribution >= 4 is 17.5 Å². The van der Waals surface area contributed by atoms with Gasteiger partial charge in [-0.2, -0.15) is 0 Å². The number of halogens is 1. The predicted octanol–water partition coefficient (Wildman–Crippen LogP) is 3.30. The molecule has 0 saturated carbocycles. The number of amides is 1. The van der Waals surface area contributed by atoms with E-state index in [2.05, 4.69) is 11.4 Å². The average molecular weight is 296 g/mol. The Morgan fingerprint density at radius 2 is 2.15 bits per heavy atom. The minimum absolute atomic E-state index is 0.0491. The zero-order valence-corrected chi connectivity index (χ0v) is 12.7. The zero-order chi connectivity index (χ0) is 14.4. The molecule has 4 heteroatoms. The zero-order valence-electron chi connectivity index (χ0n) is 12.0. The number of nitrogens with one attached hydrogen (secondary N) is 1. The van der Waals surface area contributed by atoms with Crippen LogP contribution in [0.1, 0.15) is 38.2 Å². The van der Waals surface area contributed by atoms with E-state index in [1.54, 1.807) is 0 Å². The van der Waals surface area contributed by atoms with Gasteiger partial charge < -0.3 is 10.1 Å². The van der Waals surface area contributed by atoms with E-state index in [9.17, 15) is 4.79 Å². The van der Waals surface area contributed by atoms with Crippen LogP contribution in [0.3, 0.4) is 0 Å². The highest BCUT2D eigenvalue weighted by atomic mass is 35.5. The molecule has 0 bridgehead atoms. The molecule has 1 aromatic rings. The first-order valence-electron chi connectivity index (χ1n) is 7.27. The largest absolute Gasteiger partial charge is 0.381 e. The van der Waals surface area contributed by atoms with Gasteiger partial charge in [0, 0.05) is 36.6 Å². The van der Waals surface area contributed by atoms with Crippen molar-refractivity contribution in [2.45, 2.75) is 38.0 Å². The molecule has 1 heterocycles. The van der Waals surface area contributed by atoms with Crippen molar-refractivity contribution in [2.24, 2.45) is 0 Å². The standard InChI is InChI=1S/C16H22ClNO2/c1-2-4-15(19)18-12-16(7-9-20-10-8-16)13-5-3-6-14(17)11-13/h3,5-6,11H,2,4,7-10,12H2,1H3,(H,18,19). The van der Waals surface area contributed by atoms with Crippen molar-refractivity contribution in [3.05, 3.63) is 34.9 Å². The number of hydrogen-bond acceptors (Lipinski definition) is 2. The summed E-state index contributed by atoms with van der Waals surface area (Å²) in [7, 11) is 0. The summed E-state index contributed by atoms with van der Waals surface area (Å²) in [6.07, 6.45) is 3.29. The molecule has 0 aromatic heterocycles. The number of ether oxygens (including phenoxy) is 1. The van der Waals surface area contributed by atoms with Crippen LogP contribution >= 0.6 is 11.6 Å². The van der Waals surface area contributed by atoms with E-state index in [1.807, 2.05) is 25.1 Å². The van der Waals surface area contributed by atoms with Gasteiger partial charge >= 0.3 is 0 Å². The van der Waals surface area contributed by atoms with Crippen molar-refractivity contribution in [1.29, 1.82) is 0 Å². The fraction of sp³-hybridized carbons (Fsp3) is 0.562. The Labute approximate surface area is 125 Å². The average Bonchev–Trinajstić information content (AvgIpc) is 2.46. The molecule has 1 aromatic carbocycles. The van der Waals surface area contributed by atoms with Crippen molar-refractivity contribution < 1.29 is 9.53 Å². The van der Waals surface area contributed by atoms with Crippen LogP contribution in [0.2, 0.25) is 5.02 Å². The molecule has 1 amide bonds. The van der Waals surface area contributed by atoms with Gasteiger partial charge in [-0.25, -0.2) is 0 Å². The Kier molecular flexibility index (Phi) is 5.44. The Balaban J connectivity index is 2.15. The molecule has 0 radical (unpaired) electrons. The van der Waals surface area contributed by atoms with Crippen LogP contribution < -0.4 is 5.32 Å². The second kappa shape index (κ2) is 7.09. The highest BCUT2D eigenvalue weighted by molar-refractivity contribution is 6.30. The van der Waals surface area contributed by atoms with Gasteiger partial charge in [0.25, 0.3) is 0 Å². The van der Waals surface area contributed by atoms with Gasteiger partial charge in [-0.3, -0.25) is 4.79 Å². The van der Waals surface area contributed by atoms with Crippen LogP contribution in [0.4, 0.5) is 0 Å². The summed E-state index contributed by atoms with van der Waals surface area (Å²) in [6, 6.07) is 7.97. The summed E-state index contributed by atoms with van der Waals surface area (Å²) in [6.45, 7) is 4.14. The summed E-state index contributed by atoms with van der Waals surface area (Å²) in [5.74, 6) is 0.125. The lowest BCUT2D eigenvalue weighted by atomic mass is 9.74. The molecule has 1 saturated heterocycles. The molecule has 1 N–H and O–H groups in total. The summed E-state index contributed by atoms with van der Waals surface area (Å²) in [5.41, 5.74) is 1.15. The maximum Gasteiger partial charge on any atom is 0.220 e. The maximum atomic E-state index is 11.8. The molecule has 0 spiro atoms. The van der Waals surface area contributed by atoms with E-state index in [0.717, 1.165) is 37.5 Å². The summed E-state index contributed by atoms with van der Waals surface area (Å²) in [5, 5.41) is 3.82. The van der Waals surface area contributed by atoms with E-state index >= 15 is 0 Å². The fourth-order valence-corrected chi connectivity index (χ4v) is 2.92. The molecule has 2 rings (SSSR count). The van der Waals surface area contributed by atoms with Crippen LogP contribution in [0.25, 0.3) is 0 Å². The summed E-state index contributed by atoms with van der Waals surface area (Å²) in [4.78, 5) is 11.8. The molecule has 20 heavy (non-hydrogen) atoms. The Morgan fingerprint density at radius 3 is 2.80 bits per heavy atom. The minimum atomic E-state index is -0.0491. The van der Waals surface area contributed by atoms with Crippen LogP contribution in [0.5, 0.6) is 0 Å². The third kappa shape index (κ3) is 3.74. The molecule has 0 unspecified atom stereocenters. The quantitative estimate of drug-likeness (QED) is 0.905. The van der Waals surface area contributed by atoms with Crippen molar-refractivity contribution in [2.75, 3.05) is 19.8 Å². The highest BCUT2D eigenvalue weighted by Crippen LogP contribution is 2.35. The van der Waals surface area contributed by atoms with E-state index in [-0.39, 0.29) is 11.3 Å². The molecular formula is C16H22ClNO2. The van der Waals surface area contributed by atoms with Crippen molar-refractivity contribution in [3.63, 3.8) is 0 Å². The van der Waals surface area contributed by atoms with E-state index in [1.165, 1.54) is 5.56 Å². The van der Waals surface area contributed by atoms with Gasteiger partial charge in [0.15, 0.2) is 0 Å². The number of carbonyl (C=O) groups excluding carboxylic acids is 1. The van der Waals surface area contributed by atoms with Crippen LogP contribution in [0.15, 0.2) is 24.3 Å². The van der Waals surface area contributed by atoms with Gasteiger partial charge in [-0.1, -0.05) is 30.7 Å². The fourth-order valence-electron chi connectivity index (χ4n) is 2.73. The third-order valence-electron chi connectivity index (χ3n) is 3.99. The molecule has 0 atom stereocenters. The van der Waals surface area contributed by atoms with Gasteiger partial charge in [0.05, 0.1) is 0 Å². The Hall–Kier alpha value is -1.06. The summed E-state index contributed by atoms with van der Waals surface area (Å²) >= 11 is 6.12. The molecule has 1 aliphatic heterocycles. The molecule has 110 valence electrons. The second-order valence-electron chi connectivity index (χ2n) is 5.43. The monoisotopic (exact) mass is 295 g/mol. The molecule has 1 fully saturated rings. The SMILES string of the molecule is CCCC(=O)NCC1(c2cccc(Cl)c2)CCOCC1. The van der Waals surface area contributed by atoms with Gasteiger partial charge in [0.2, 0.25) is 5.91 Å². The first-order valence-corrected chi connectivity index (χ1v) is 7.64. The number of carbonyl (C=O) groups is 1. The molecule has 1 aliphatic rings. The second-order valence-corrected chi connectivity index (χ2v) is 5.87. The smallest absolute Gasteiger partial charge is 0.220 e. The third-order valence-corrected chi connectivity index (χ3v) is 4.22. The van der Waals surface area contributed by atoms with E-state index < -0.39 is 0 Å². The Morgan fingerprint density at radius 1 is 1.40 bits per heavy atom. The van der Waals surface area contributed by atoms with Crippen molar-refractivity contribution in [3.8, 4) is 0 Å². The van der Waals surface area contributed by atoms with Crippen LogP contribution in [-0.4, -0.2) is 25.7 Å². The van der Waals surface area contributed by atoms with Gasteiger partial charge in [0.1, 0.15) is 0 Å². The van der Waals surface area contributed by atoms with Crippen molar-refractivity contribution in [1.82, 2.24) is 5.32 Å². The van der Waals surface area contributed by atoms with E-state index in [4.69, 9.17) is 16.3 Å². The lowest BCUT2D eigenvalue weighted by Crippen LogP contribution is -2.44. The van der Waals surface area contributed by atoms with Gasteiger partial charge in [-0.05, 0) is 37.0 Å². The molecule has 0 aliphatic carbocycles. The van der Waals surface area contributed by atoms with E-state index in [0.29, 0.717) is 13.0 Å². The normalized spacial score (nSPS) is 17.7. The molecular weight excluding hydrogens is 274 g/mol. The number of benzene rings is 1. The van der Waals surface area contributed by atoms with Gasteiger partial charge in [-0.15, -0.1) is 0 Å². The Bertz CT molecular complexity index is 456. The lowest BCUT2D eigenvalue weighted by Gasteiger charge is -2.38. The number of hydrogen-bond donors (Lipinski definition) is 1. The minimum Gasteiger partial charge on any atom is -0.381 e. The summed E-state index contributed by atoms with van der Waals surface area (Å²) < 4.78 is 5.49. The topological polar surface area (TPSA) is 38.3 Å². The first-order chi connectivity index (χ1) is 9.66. The van der Waals surface area contributed by atoms with Crippen LogP contribution in [-0.2, 0) is 14.9 Å². The first kappa shape index (κ1) is 15.3.